The Bertz CT molecular complexity index is 844. The molecule has 0 aliphatic rings. The zero-order valence-electron chi connectivity index (χ0n) is 16.0. The number of fused-ring (bicyclic) bond motifs is 2. The second-order valence-corrected chi connectivity index (χ2v) is 6.08. The van der Waals surface area contributed by atoms with Gasteiger partial charge in [0.05, 0.1) is 0 Å². The second-order valence-electron chi connectivity index (χ2n) is 6.08. The summed E-state index contributed by atoms with van der Waals surface area (Å²) in [5, 5.41) is 5.51. The van der Waals surface area contributed by atoms with Crippen LogP contribution in [0.1, 0.15) is 29.2 Å². The maximum absolute atomic E-state index is 3.25. The Morgan fingerprint density at radius 2 is 0.920 bits per heavy atom. The van der Waals surface area contributed by atoms with Gasteiger partial charge >= 0.3 is 26.2 Å². The fourth-order valence-corrected chi connectivity index (χ4v) is 3.04. The van der Waals surface area contributed by atoms with Crippen LogP contribution in [0.25, 0.3) is 21.5 Å². The molecule has 0 fully saturated rings. The van der Waals surface area contributed by atoms with Crippen LogP contribution in [0, 0.1) is 34.6 Å². The van der Waals surface area contributed by atoms with Crippen molar-refractivity contribution in [1.29, 1.82) is 0 Å². The normalized spacial score (nSPS) is 9.68. The molecule has 0 nitrogen and oxygen atoms in total. The molecule has 4 aromatic carbocycles. The van der Waals surface area contributed by atoms with Gasteiger partial charge in [0.15, 0.2) is 0 Å². The summed E-state index contributed by atoms with van der Waals surface area (Å²) in [4.78, 5) is 0. The van der Waals surface area contributed by atoms with Crippen LogP contribution < -0.4 is 0 Å². The van der Waals surface area contributed by atoms with Crippen molar-refractivity contribution in [3.8, 4) is 0 Å². The number of hydrogen-bond acceptors (Lipinski definition) is 0. The van der Waals surface area contributed by atoms with Crippen LogP contribution in [-0.4, -0.2) is 0 Å². The minimum Gasteiger partial charge on any atom is -0.346 e. The molecule has 0 saturated carbocycles. The van der Waals surface area contributed by atoms with Crippen LogP contribution in [0.3, 0.4) is 0 Å². The average molecular weight is 407 g/mol. The van der Waals surface area contributed by atoms with Gasteiger partial charge in [-0.25, -0.2) is 0 Å². The summed E-state index contributed by atoms with van der Waals surface area (Å²) >= 11 is 0. The van der Waals surface area contributed by atoms with E-state index in [0.717, 1.165) is 0 Å². The summed E-state index contributed by atoms with van der Waals surface area (Å²) in [5.41, 5.74) is 5.62. The maximum atomic E-state index is 3.25. The smallest absolute Gasteiger partial charge is 0.346 e. The predicted octanol–water partition coefficient (Wildman–Crippen LogP) is 7.19. The van der Waals surface area contributed by atoms with E-state index in [9.17, 15) is 0 Å². The molecule has 1 heteroatoms. The standard InChI is InChI=1S/2C11H11.C2H5.Zr/c2*1-8-7-10-5-3-4-6-11(10)9(8)2;1-2;/h2*3-7H,1-2H3;1H2,2H3;/q3*-1;+3. The molecular weight excluding hydrogens is 379 g/mol. The quantitative estimate of drug-likeness (QED) is 0.271. The fraction of sp³-hybridized carbons (Fsp3) is 0.208. The zero-order valence-corrected chi connectivity index (χ0v) is 18.4. The Morgan fingerprint density at radius 3 is 1.24 bits per heavy atom. The Balaban J connectivity index is 0.000000220. The predicted molar refractivity (Wildman–Crippen MR) is 109 cm³/mol. The van der Waals surface area contributed by atoms with Gasteiger partial charge in [0.25, 0.3) is 0 Å². The number of hydrogen-bond donors (Lipinski definition) is 0. The number of rotatable bonds is 0. The van der Waals surface area contributed by atoms with Crippen molar-refractivity contribution in [1.82, 2.24) is 0 Å². The van der Waals surface area contributed by atoms with Crippen LogP contribution in [0.2, 0.25) is 0 Å². The van der Waals surface area contributed by atoms with E-state index in [4.69, 9.17) is 0 Å². The van der Waals surface area contributed by atoms with E-state index in [1.165, 1.54) is 43.8 Å². The van der Waals surface area contributed by atoms with Crippen LogP contribution in [-0.2, 0) is 26.2 Å². The van der Waals surface area contributed by atoms with Gasteiger partial charge in [0, 0.05) is 0 Å². The van der Waals surface area contributed by atoms with Gasteiger partial charge in [-0.3, -0.25) is 0 Å². The molecule has 0 unspecified atom stereocenters. The topological polar surface area (TPSA) is 0 Å². The Kier molecular flexibility index (Phi) is 8.53. The average Bonchev–Trinajstić information content (AvgIpc) is 3.07. The summed E-state index contributed by atoms with van der Waals surface area (Å²) in [7, 11) is 0. The van der Waals surface area contributed by atoms with Crippen LogP contribution in [0.5, 0.6) is 0 Å². The molecule has 0 aromatic heterocycles. The van der Waals surface area contributed by atoms with Crippen molar-refractivity contribution in [2.45, 2.75) is 34.6 Å². The van der Waals surface area contributed by atoms with Crippen molar-refractivity contribution in [2.75, 3.05) is 0 Å². The summed E-state index contributed by atoms with van der Waals surface area (Å²) in [6.45, 7) is 13.7. The van der Waals surface area contributed by atoms with Gasteiger partial charge < -0.3 is 6.92 Å². The third-order valence-corrected chi connectivity index (χ3v) is 4.66. The van der Waals surface area contributed by atoms with E-state index < -0.39 is 0 Å². The van der Waals surface area contributed by atoms with E-state index in [1.54, 1.807) is 6.92 Å². The van der Waals surface area contributed by atoms with E-state index in [-0.39, 0.29) is 26.2 Å². The van der Waals surface area contributed by atoms with Crippen molar-refractivity contribution >= 4 is 21.5 Å². The second kappa shape index (κ2) is 9.88. The molecule has 0 N–H and O–H groups in total. The van der Waals surface area contributed by atoms with Crippen molar-refractivity contribution in [2.24, 2.45) is 0 Å². The van der Waals surface area contributed by atoms with Crippen molar-refractivity contribution in [3.63, 3.8) is 0 Å². The van der Waals surface area contributed by atoms with Gasteiger partial charge in [0.2, 0.25) is 0 Å². The molecule has 1 radical (unpaired) electrons. The molecule has 25 heavy (non-hydrogen) atoms. The number of aryl methyl sites for hydroxylation is 4. The SMILES string of the molecule is Cc1[cH-]c2ccccc2c1C.Cc1[cH-]c2ccccc2c1C.[CH2-]C.[Zr+3]. The Hall–Kier alpha value is -1.46. The van der Waals surface area contributed by atoms with E-state index in [0.29, 0.717) is 0 Å². The summed E-state index contributed by atoms with van der Waals surface area (Å²) < 4.78 is 0. The van der Waals surface area contributed by atoms with Gasteiger partial charge in [-0.2, -0.15) is 18.1 Å². The molecule has 0 aliphatic heterocycles. The molecule has 0 aliphatic carbocycles. The molecular formula is C24H27Zr. The number of benzene rings is 2. The molecule has 0 spiro atoms. The third kappa shape index (κ3) is 4.79. The van der Waals surface area contributed by atoms with Crippen molar-refractivity contribution < 1.29 is 26.2 Å². The van der Waals surface area contributed by atoms with E-state index in [1.807, 2.05) is 0 Å². The Labute approximate surface area is 171 Å². The molecule has 127 valence electrons. The van der Waals surface area contributed by atoms with E-state index in [2.05, 4.69) is 95.3 Å². The molecule has 0 bridgehead atoms. The minimum absolute atomic E-state index is 0. The van der Waals surface area contributed by atoms with Crippen LogP contribution >= 0.6 is 0 Å². The Morgan fingerprint density at radius 1 is 0.600 bits per heavy atom. The monoisotopic (exact) mass is 405 g/mol. The third-order valence-electron chi connectivity index (χ3n) is 4.66. The molecule has 0 amide bonds. The summed E-state index contributed by atoms with van der Waals surface area (Å²) in [5.74, 6) is 0. The molecule has 0 heterocycles. The summed E-state index contributed by atoms with van der Waals surface area (Å²) in [6.07, 6.45) is 0. The van der Waals surface area contributed by atoms with Crippen LogP contribution in [0.4, 0.5) is 0 Å². The summed E-state index contributed by atoms with van der Waals surface area (Å²) in [6, 6.07) is 21.5. The van der Waals surface area contributed by atoms with E-state index >= 15 is 0 Å². The first kappa shape index (κ1) is 21.6. The van der Waals surface area contributed by atoms with Gasteiger partial charge in [-0.15, -0.1) is 81.2 Å². The van der Waals surface area contributed by atoms with Gasteiger partial charge in [0.1, 0.15) is 0 Å². The first-order chi connectivity index (χ1) is 11.6. The maximum Gasteiger partial charge on any atom is 3.00 e. The first-order valence-corrected chi connectivity index (χ1v) is 8.52. The van der Waals surface area contributed by atoms with Gasteiger partial charge in [-0.1, -0.05) is 39.8 Å². The minimum atomic E-state index is 0. The van der Waals surface area contributed by atoms with Crippen LogP contribution in [0.15, 0.2) is 60.7 Å². The van der Waals surface area contributed by atoms with Gasteiger partial charge in [-0.05, 0) is 0 Å². The first-order valence-electron chi connectivity index (χ1n) is 8.52. The largest absolute Gasteiger partial charge is 3.00 e. The zero-order chi connectivity index (χ0) is 17.7. The molecule has 4 aromatic rings. The van der Waals surface area contributed by atoms with Crippen molar-refractivity contribution in [3.05, 3.63) is 89.8 Å². The fourth-order valence-electron chi connectivity index (χ4n) is 3.04. The molecule has 0 atom stereocenters. The molecule has 0 saturated heterocycles. The molecule has 4 rings (SSSR count).